The second-order valence-electron chi connectivity index (χ2n) is 6.07. The predicted molar refractivity (Wildman–Crippen MR) is 95.4 cm³/mol. The molecule has 0 radical (unpaired) electrons. The van der Waals surface area contributed by atoms with E-state index in [4.69, 9.17) is 9.47 Å². The summed E-state index contributed by atoms with van der Waals surface area (Å²) in [5, 5.41) is 9.83. The Hall–Kier alpha value is -1.77. The Kier molecular flexibility index (Phi) is 6.89. The number of benzene rings is 1. The Labute approximate surface area is 145 Å². The largest absolute Gasteiger partial charge is 0.493 e. The van der Waals surface area contributed by atoms with E-state index in [-0.39, 0.29) is 6.04 Å². The first-order chi connectivity index (χ1) is 11.7. The van der Waals surface area contributed by atoms with Crippen molar-refractivity contribution in [1.29, 1.82) is 5.26 Å². The van der Waals surface area contributed by atoms with Crippen molar-refractivity contribution in [3.63, 3.8) is 0 Å². The van der Waals surface area contributed by atoms with Crippen LogP contribution in [0.1, 0.15) is 38.8 Å². The second-order valence-corrected chi connectivity index (χ2v) is 6.07. The average Bonchev–Trinajstić information content (AvgIpc) is 2.63. The quantitative estimate of drug-likeness (QED) is 0.768. The Morgan fingerprint density at radius 3 is 2.62 bits per heavy atom. The van der Waals surface area contributed by atoms with E-state index >= 15 is 0 Å². The van der Waals surface area contributed by atoms with Gasteiger partial charge < -0.3 is 14.4 Å². The summed E-state index contributed by atoms with van der Waals surface area (Å²) in [6.45, 7) is 11.0. The van der Waals surface area contributed by atoms with Crippen molar-refractivity contribution >= 4 is 0 Å². The van der Waals surface area contributed by atoms with E-state index in [1.54, 1.807) is 7.11 Å². The van der Waals surface area contributed by atoms with E-state index in [2.05, 4.69) is 29.7 Å². The van der Waals surface area contributed by atoms with Crippen LogP contribution in [0, 0.1) is 11.3 Å². The van der Waals surface area contributed by atoms with Crippen LogP contribution in [0.2, 0.25) is 0 Å². The van der Waals surface area contributed by atoms with Gasteiger partial charge in [-0.3, -0.25) is 4.90 Å². The lowest BCUT2D eigenvalue weighted by Crippen LogP contribution is -2.53. The summed E-state index contributed by atoms with van der Waals surface area (Å²) < 4.78 is 11.0. The molecule has 1 aromatic carbocycles. The SMILES string of the molecule is CCOc1ccc(C(C#N)N2CCN(CC)CC2CC)cc1OC. The minimum atomic E-state index is -0.251. The molecule has 2 atom stereocenters. The standard InChI is InChI=1S/C19H29N3O2/c1-5-16-14-21(6-2)10-11-22(16)17(13-20)15-8-9-18(24-7-3)19(12-15)23-4/h8-9,12,16-17H,5-7,10-11,14H2,1-4H3. The summed E-state index contributed by atoms with van der Waals surface area (Å²) in [6, 6.07) is 8.49. The molecule has 1 aliphatic rings. The zero-order valence-electron chi connectivity index (χ0n) is 15.3. The maximum Gasteiger partial charge on any atom is 0.161 e. The summed E-state index contributed by atoms with van der Waals surface area (Å²) >= 11 is 0. The zero-order valence-corrected chi connectivity index (χ0v) is 15.3. The third-order valence-corrected chi connectivity index (χ3v) is 4.79. The average molecular weight is 331 g/mol. The summed E-state index contributed by atoms with van der Waals surface area (Å²) in [5.74, 6) is 1.41. The number of nitriles is 1. The van der Waals surface area contributed by atoms with Gasteiger partial charge >= 0.3 is 0 Å². The summed E-state index contributed by atoms with van der Waals surface area (Å²) in [4.78, 5) is 4.79. The molecule has 24 heavy (non-hydrogen) atoms. The number of ether oxygens (including phenoxy) is 2. The van der Waals surface area contributed by atoms with Gasteiger partial charge in [0.25, 0.3) is 0 Å². The van der Waals surface area contributed by atoms with Gasteiger partial charge in [0.05, 0.1) is 19.8 Å². The van der Waals surface area contributed by atoms with Crippen molar-refractivity contribution in [3.05, 3.63) is 23.8 Å². The number of hydrogen-bond donors (Lipinski definition) is 0. The Morgan fingerprint density at radius 2 is 2.04 bits per heavy atom. The topological polar surface area (TPSA) is 48.7 Å². The van der Waals surface area contributed by atoms with E-state index in [1.165, 1.54) is 0 Å². The van der Waals surface area contributed by atoms with Crippen LogP contribution >= 0.6 is 0 Å². The number of hydrogen-bond acceptors (Lipinski definition) is 5. The lowest BCUT2D eigenvalue weighted by Gasteiger charge is -2.43. The fraction of sp³-hybridized carbons (Fsp3) is 0.632. The van der Waals surface area contributed by atoms with Crippen LogP contribution in [-0.2, 0) is 0 Å². The van der Waals surface area contributed by atoms with Gasteiger partial charge in [-0.1, -0.05) is 19.9 Å². The fourth-order valence-electron chi connectivity index (χ4n) is 3.39. The smallest absolute Gasteiger partial charge is 0.161 e. The zero-order chi connectivity index (χ0) is 17.5. The molecule has 1 aromatic rings. The van der Waals surface area contributed by atoms with Crippen LogP contribution in [0.3, 0.4) is 0 Å². The third-order valence-electron chi connectivity index (χ3n) is 4.79. The number of rotatable bonds is 7. The molecule has 0 aromatic heterocycles. The molecule has 5 heteroatoms. The first-order valence-electron chi connectivity index (χ1n) is 8.86. The predicted octanol–water partition coefficient (Wildman–Crippen LogP) is 3.07. The van der Waals surface area contributed by atoms with Crippen molar-refractivity contribution in [3.8, 4) is 17.6 Å². The Balaban J connectivity index is 2.26. The van der Waals surface area contributed by atoms with E-state index in [0.29, 0.717) is 18.4 Å². The molecule has 0 spiro atoms. The molecular formula is C19H29N3O2. The van der Waals surface area contributed by atoms with Crippen molar-refractivity contribution in [2.75, 3.05) is 39.9 Å². The van der Waals surface area contributed by atoms with E-state index < -0.39 is 0 Å². The highest BCUT2D eigenvalue weighted by Crippen LogP contribution is 2.33. The van der Waals surface area contributed by atoms with Gasteiger partial charge in [0.15, 0.2) is 11.5 Å². The van der Waals surface area contributed by atoms with Crippen molar-refractivity contribution in [2.45, 2.75) is 39.3 Å². The van der Waals surface area contributed by atoms with Crippen LogP contribution in [0.25, 0.3) is 0 Å². The lowest BCUT2D eigenvalue weighted by atomic mass is 10.0. The van der Waals surface area contributed by atoms with E-state index in [9.17, 15) is 5.26 Å². The molecule has 0 saturated carbocycles. The minimum Gasteiger partial charge on any atom is -0.493 e. The number of nitrogens with zero attached hydrogens (tertiary/aromatic N) is 3. The highest BCUT2D eigenvalue weighted by molar-refractivity contribution is 5.45. The molecule has 1 saturated heterocycles. The van der Waals surface area contributed by atoms with E-state index in [1.807, 2.05) is 25.1 Å². The van der Waals surface area contributed by atoms with Crippen LogP contribution in [-0.4, -0.2) is 55.7 Å². The second kappa shape index (κ2) is 8.91. The van der Waals surface area contributed by atoms with Gasteiger partial charge in [-0.2, -0.15) is 5.26 Å². The lowest BCUT2D eigenvalue weighted by molar-refractivity contribution is 0.0569. The normalized spacial score (nSPS) is 20.4. The van der Waals surface area contributed by atoms with Crippen molar-refractivity contribution in [2.24, 2.45) is 0 Å². The van der Waals surface area contributed by atoms with Gasteiger partial charge in [-0.25, -0.2) is 0 Å². The van der Waals surface area contributed by atoms with Crippen molar-refractivity contribution in [1.82, 2.24) is 9.80 Å². The molecule has 0 amide bonds. The molecule has 5 nitrogen and oxygen atoms in total. The molecule has 1 heterocycles. The van der Waals surface area contributed by atoms with Gasteiger partial charge in [-0.15, -0.1) is 0 Å². The highest BCUT2D eigenvalue weighted by atomic mass is 16.5. The fourth-order valence-corrected chi connectivity index (χ4v) is 3.39. The molecule has 132 valence electrons. The van der Waals surface area contributed by atoms with Crippen LogP contribution in [0.5, 0.6) is 11.5 Å². The Morgan fingerprint density at radius 1 is 1.25 bits per heavy atom. The molecular weight excluding hydrogens is 302 g/mol. The maximum atomic E-state index is 9.83. The number of piperazine rings is 1. The summed E-state index contributed by atoms with van der Waals surface area (Å²) in [7, 11) is 1.64. The monoisotopic (exact) mass is 331 g/mol. The molecule has 0 bridgehead atoms. The first kappa shape index (κ1) is 18.6. The van der Waals surface area contributed by atoms with Gasteiger partial charge in [0.2, 0.25) is 0 Å². The van der Waals surface area contributed by atoms with Crippen LogP contribution in [0.15, 0.2) is 18.2 Å². The summed E-state index contributed by atoms with van der Waals surface area (Å²) in [5.41, 5.74) is 0.973. The first-order valence-corrected chi connectivity index (χ1v) is 8.86. The molecule has 2 unspecified atom stereocenters. The minimum absolute atomic E-state index is 0.251. The van der Waals surface area contributed by atoms with Gasteiger partial charge in [0.1, 0.15) is 6.04 Å². The Bertz CT molecular complexity index is 570. The molecule has 1 aliphatic heterocycles. The third kappa shape index (κ3) is 4.00. The molecule has 0 aliphatic carbocycles. The van der Waals surface area contributed by atoms with Crippen LogP contribution in [0.4, 0.5) is 0 Å². The molecule has 2 rings (SSSR count). The highest BCUT2D eigenvalue weighted by Gasteiger charge is 2.31. The number of methoxy groups -OCH3 is 1. The van der Waals surface area contributed by atoms with E-state index in [0.717, 1.165) is 43.9 Å². The summed E-state index contributed by atoms with van der Waals surface area (Å²) in [6.07, 6.45) is 1.04. The maximum absolute atomic E-state index is 9.83. The van der Waals surface area contributed by atoms with Gasteiger partial charge in [0, 0.05) is 25.7 Å². The van der Waals surface area contributed by atoms with Gasteiger partial charge in [-0.05, 0) is 37.6 Å². The molecule has 1 fully saturated rings. The molecule has 0 N–H and O–H groups in total. The van der Waals surface area contributed by atoms with Crippen LogP contribution < -0.4 is 9.47 Å². The van der Waals surface area contributed by atoms with Crippen molar-refractivity contribution < 1.29 is 9.47 Å². The number of likely N-dealkylation sites (N-methyl/N-ethyl adjacent to an activating group) is 1.